The van der Waals surface area contributed by atoms with Crippen molar-refractivity contribution in [1.29, 1.82) is 0 Å². The van der Waals surface area contributed by atoms with Crippen molar-refractivity contribution in [3.8, 4) is 0 Å². The second-order valence-electron chi connectivity index (χ2n) is 7.53. The monoisotopic (exact) mass is 334 g/mol. The standard InChI is InChI=1S/C22H22O3/c1-13-7-9-15(10-8-13)21(23)19-16-11-17(14-5-3-2-4-6-14)18(12-16)20(19)22(24)25/h2-10,16-20H,11-12H2,1H3,(H,24,25)/t16-,17+,18-,19-,20+/m0/s1. The van der Waals surface area contributed by atoms with Crippen LogP contribution in [0.25, 0.3) is 0 Å². The molecule has 3 nitrogen and oxygen atoms in total. The molecule has 0 amide bonds. The summed E-state index contributed by atoms with van der Waals surface area (Å²) in [5.74, 6) is -1.28. The van der Waals surface area contributed by atoms with E-state index in [9.17, 15) is 14.7 Å². The zero-order valence-electron chi connectivity index (χ0n) is 14.3. The Kier molecular flexibility index (Phi) is 3.95. The van der Waals surface area contributed by atoms with Crippen LogP contribution in [-0.4, -0.2) is 16.9 Å². The average molecular weight is 334 g/mol. The molecule has 128 valence electrons. The van der Waals surface area contributed by atoms with Gasteiger partial charge < -0.3 is 5.11 Å². The minimum Gasteiger partial charge on any atom is -0.481 e. The number of aryl methyl sites for hydroxylation is 1. The summed E-state index contributed by atoms with van der Waals surface area (Å²) < 4.78 is 0. The van der Waals surface area contributed by atoms with Crippen LogP contribution in [0, 0.1) is 30.6 Å². The molecule has 2 saturated carbocycles. The third-order valence-corrected chi connectivity index (χ3v) is 6.16. The van der Waals surface area contributed by atoms with E-state index in [2.05, 4.69) is 12.1 Å². The Bertz CT molecular complexity index is 794. The largest absolute Gasteiger partial charge is 0.481 e. The van der Waals surface area contributed by atoms with Gasteiger partial charge in [0.2, 0.25) is 0 Å². The number of hydrogen-bond donors (Lipinski definition) is 1. The topological polar surface area (TPSA) is 54.4 Å². The van der Waals surface area contributed by atoms with Crippen molar-refractivity contribution in [3.63, 3.8) is 0 Å². The molecule has 0 radical (unpaired) electrons. The Morgan fingerprint density at radius 1 is 0.920 bits per heavy atom. The average Bonchev–Trinajstić information content (AvgIpc) is 3.21. The first-order chi connectivity index (χ1) is 12.1. The molecular formula is C22H22O3. The lowest BCUT2D eigenvalue weighted by Gasteiger charge is -2.33. The summed E-state index contributed by atoms with van der Waals surface area (Å²) in [6.07, 6.45) is 1.76. The smallest absolute Gasteiger partial charge is 0.307 e. The van der Waals surface area contributed by atoms with Crippen molar-refractivity contribution in [2.45, 2.75) is 25.7 Å². The van der Waals surface area contributed by atoms with E-state index < -0.39 is 11.9 Å². The molecule has 0 aliphatic heterocycles. The number of ketones is 1. The van der Waals surface area contributed by atoms with Gasteiger partial charge in [0.05, 0.1) is 5.92 Å². The molecule has 4 rings (SSSR count). The number of carbonyl (C=O) groups excluding carboxylic acids is 1. The first-order valence-corrected chi connectivity index (χ1v) is 8.95. The van der Waals surface area contributed by atoms with Gasteiger partial charge in [-0.15, -0.1) is 0 Å². The Morgan fingerprint density at radius 3 is 2.24 bits per heavy atom. The van der Waals surface area contributed by atoms with Crippen molar-refractivity contribution in [2.75, 3.05) is 0 Å². The van der Waals surface area contributed by atoms with Gasteiger partial charge in [0, 0.05) is 11.5 Å². The third-order valence-electron chi connectivity index (χ3n) is 6.16. The lowest BCUT2D eigenvalue weighted by molar-refractivity contribution is -0.145. The van der Waals surface area contributed by atoms with Gasteiger partial charge >= 0.3 is 5.97 Å². The number of rotatable bonds is 4. The van der Waals surface area contributed by atoms with Crippen LogP contribution in [0.3, 0.4) is 0 Å². The maximum Gasteiger partial charge on any atom is 0.307 e. The van der Waals surface area contributed by atoms with Gasteiger partial charge in [-0.2, -0.15) is 0 Å². The highest BCUT2D eigenvalue weighted by molar-refractivity contribution is 6.00. The first kappa shape index (κ1) is 16.1. The SMILES string of the molecule is Cc1ccc(C(=O)[C@H]2[C@@H]3C[C@H]([C@H]2C(=O)O)[C@@H](c2ccccc2)C3)cc1. The first-order valence-electron chi connectivity index (χ1n) is 8.95. The molecule has 3 heteroatoms. The van der Waals surface area contributed by atoms with Crippen LogP contribution in [0.5, 0.6) is 0 Å². The zero-order chi connectivity index (χ0) is 17.6. The molecule has 2 aromatic rings. The molecule has 25 heavy (non-hydrogen) atoms. The summed E-state index contributed by atoms with van der Waals surface area (Å²) >= 11 is 0. The van der Waals surface area contributed by atoms with Gasteiger partial charge in [-0.05, 0) is 43.1 Å². The predicted molar refractivity (Wildman–Crippen MR) is 95.5 cm³/mol. The fourth-order valence-corrected chi connectivity index (χ4v) is 5.07. The predicted octanol–water partition coefficient (Wildman–Crippen LogP) is 4.32. The van der Waals surface area contributed by atoms with Crippen molar-refractivity contribution in [3.05, 3.63) is 71.3 Å². The van der Waals surface area contributed by atoms with E-state index in [4.69, 9.17) is 0 Å². The van der Waals surface area contributed by atoms with Crippen molar-refractivity contribution < 1.29 is 14.7 Å². The quantitative estimate of drug-likeness (QED) is 0.847. The van der Waals surface area contributed by atoms with Crippen molar-refractivity contribution >= 4 is 11.8 Å². The summed E-state index contributed by atoms with van der Waals surface area (Å²) in [4.78, 5) is 25.1. The van der Waals surface area contributed by atoms with Crippen LogP contribution < -0.4 is 0 Å². The fourth-order valence-electron chi connectivity index (χ4n) is 5.07. The number of aliphatic carboxylic acids is 1. The Morgan fingerprint density at radius 2 is 1.60 bits per heavy atom. The number of carboxylic acid groups (broad SMARTS) is 1. The van der Waals surface area contributed by atoms with Crippen molar-refractivity contribution in [1.82, 2.24) is 0 Å². The molecule has 5 atom stereocenters. The van der Waals surface area contributed by atoms with Gasteiger partial charge in [-0.3, -0.25) is 9.59 Å². The van der Waals surface area contributed by atoms with E-state index in [0.717, 1.165) is 18.4 Å². The highest BCUT2D eigenvalue weighted by Gasteiger charge is 2.58. The number of Topliss-reactive ketones (excluding diaryl/α,β-unsaturated/α-hetero) is 1. The number of carbonyl (C=O) groups is 2. The zero-order valence-corrected chi connectivity index (χ0v) is 14.3. The van der Waals surface area contributed by atoms with E-state index in [0.29, 0.717) is 5.56 Å². The molecule has 2 fully saturated rings. The fraction of sp³-hybridized carbons (Fsp3) is 0.364. The molecule has 0 heterocycles. The van der Waals surface area contributed by atoms with Crippen LogP contribution in [0.4, 0.5) is 0 Å². The van der Waals surface area contributed by atoms with Crippen LogP contribution in [0.15, 0.2) is 54.6 Å². The summed E-state index contributed by atoms with van der Waals surface area (Å²) in [7, 11) is 0. The van der Waals surface area contributed by atoms with Crippen LogP contribution in [0.1, 0.15) is 40.2 Å². The van der Waals surface area contributed by atoms with E-state index in [1.165, 1.54) is 5.56 Å². The van der Waals surface area contributed by atoms with E-state index >= 15 is 0 Å². The summed E-state index contributed by atoms with van der Waals surface area (Å²) in [5.41, 5.74) is 2.96. The molecule has 0 spiro atoms. The van der Waals surface area contributed by atoms with Crippen molar-refractivity contribution in [2.24, 2.45) is 23.7 Å². The summed E-state index contributed by atoms with van der Waals surface area (Å²) in [5, 5.41) is 9.86. The normalized spacial score (nSPS) is 30.4. The van der Waals surface area contributed by atoms with E-state index in [1.54, 1.807) is 0 Å². The number of carboxylic acids is 1. The minimum atomic E-state index is -0.821. The molecular weight excluding hydrogens is 312 g/mol. The Balaban J connectivity index is 1.64. The lowest BCUT2D eigenvalue weighted by Crippen LogP contribution is -2.37. The maximum absolute atomic E-state index is 13.0. The molecule has 1 N–H and O–H groups in total. The van der Waals surface area contributed by atoms with Gasteiger partial charge in [-0.25, -0.2) is 0 Å². The lowest BCUT2D eigenvalue weighted by atomic mass is 9.69. The third kappa shape index (κ3) is 2.68. The van der Waals surface area contributed by atoms with Gasteiger partial charge in [-0.1, -0.05) is 60.2 Å². The molecule has 0 unspecified atom stereocenters. The second-order valence-corrected chi connectivity index (χ2v) is 7.53. The number of hydrogen-bond acceptors (Lipinski definition) is 2. The van der Waals surface area contributed by atoms with E-state index in [-0.39, 0.29) is 29.5 Å². The van der Waals surface area contributed by atoms with Gasteiger partial charge in [0.25, 0.3) is 0 Å². The molecule has 2 aromatic carbocycles. The highest BCUT2D eigenvalue weighted by atomic mass is 16.4. The number of benzene rings is 2. The minimum absolute atomic E-state index is 0.00594. The number of fused-ring (bicyclic) bond motifs is 2. The Labute approximate surface area is 147 Å². The molecule has 0 saturated heterocycles. The van der Waals surface area contributed by atoms with Gasteiger partial charge in [0.1, 0.15) is 0 Å². The second kappa shape index (κ2) is 6.14. The van der Waals surface area contributed by atoms with Crippen LogP contribution in [0.2, 0.25) is 0 Å². The molecule has 2 aliphatic rings. The van der Waals surface area contributed by atoms with Gasteiger partial charge in [0.15, 0.2) is 5.78 Å². The summed E-state index contributed by atoms with van der Waals surface area (Å²) in [6, 6.07) is 17.7. The summed E-state index contributed by atoms with van der Waals surface area (Å²) in [6.45, 7) is 1.98. The molecule has 2 bridgehead atoms. The maximum atomic E-state index is 13.0. The van der Waals surface area contributed by atoms with E-state index in [1.807, 2.05) is 49.4 Å². The van der Waals surface area contributed by atoms with Crippen LogP contribution in [-0.2, 0) is 4.79 Å². The molecule has 2 aliphatic carbocycles. The molecule has 0 aromatic heterocycles. The highest BCUT2D eigenvalue weighted by Crippen LogP contribution is 2.59. The van der Waals surface area contributed by atoms with Crippen LogP contribution >= 0.6 is 0 Å². The Hall–Kier alpha value is -2.42.